The molecule has 0 aliphatic carbocycles. The molecule has 7 heteroatoms. The molecule has 0 spiro atoms. The number of hydroxylamine groups is 2. The summed E-state index contributed by atoms with van der Waals surface area (Å²) in [6, 6.07) is 8.02. The molecule has 0 aromatic heterocycles. The molecule has 0 aliphatic heterocycles. The lowest BCUT2D eigenvalue weighted by atomic mass is 9.94. The van der Waals surface area contributed by atoms with Crippen LogP contribution in [-0.2, 0) is 24.3 Å². The summed E-state index contributed by atoms with van der Waals surface area (Å²) in [7, 11) is -3.48. The molecule has 0 bridgehead atoms. The standard InChI is InChI=1S/C22H39ClNO4P/c1-10-26-29(25,27-11-2)20(21(4,5)6)24(22(7,8)9)28-17(3)19-14-12-18(16-23)13-15-19/h12-15,17,20H,10-11,16H2,1-9H3. The van der Waals surface area contributed by atoms with Gasteiger partial charge in [0.1, 0.15) is 11.9 Å². The normalized spacial score (nSPS) is 15.6. The lowest BCUT2D eigenvalue weighted by molar-refractivity contribution is -0.264. The van der Waals surface area contributed by atoms with E-state index in [1.807, 2.05) is 91.6 Å². The second-order valence-corrected chi connectivity index (χ2v) is 11.6. The average Bonchev–Trinajstić information content (AvgIpc) is 2.59. The highest BCUT2D eigenvalue weighted by molar-refractivity contribution is 7.54. The van der Waals surface area contributed by atoms with Crippen LogP contribution in [0.3, 0.4) is 0 Å². The monoisotopic (exact) mass is 447 g/mol. The van der Waals surface area contributed by atoms with E-state index < -0.39 is 24.3 Å². The van der Waals surface area contributed by atoms with Crippen molar-refractivity contribution < 1.29 is 18.5 Å². The minimum atomic E-state index is -3.48. The van der Waals surface area contributed by atoms with Gasteiger partial charge in [0.2, 0.25) is 0 Å². The van der Waals surface area contributed by atoms with Crippen molar-refractivity contribution in [3.63, 3.8) is 0 Å². The summed E-state index contributed by atoms with van der Waals surface area (Å²) in [6.45, 7) is 18.5. The summed E-state index contributed by atoms with van der Waals surface area (Å²) in [5.41, 5.74) is 1.21. The molecule has 0 aliphatic rings. The zero-order chi connectivity index (χ0) is 22.5. The smallest absolute Gasteiger partial charge is 0.308 e. The molecular weight excluding hydrogens is 409 g/mol. The van der Waals surface area contributed by atoms with Gasteiger partial charge in [-0.1, -0.05) is 45.0 Å². The third-order valence-corrected chi connectivity index (χ3v) is 7.58. The number of halogens is 1. The van der Waals surface area contributed by atoms with Gasteiger partial charge in [-0.25, -0.2) is 0 Å². The van der Waals surface area contributed by atoms with Crippen molar-refractivity contribution in [2.24, 2.45) is 5.41 Å². The van der Waals surface area contributed by atoms with E-state index >= 15 is 0 Å². The van der Waals surface area contributed by atoms with Gasteiger partial charge in [0.05, 0.1) is 13.2 Å². The lowest BCUT2D eigenvalue weighted by Gasteiger charge is -2.48. The fourth-order valence-electron chi connectivity index (χ4n) is 3.18. The Balaban J connectivity index is 3.37. The van der Waals surface area contributed by atoms with Gasteiger partial charge in [0, 0.05) is 11.4 Å². The number of hydrogen-bond acceptors (Lipinski definition) is 5. The minimum Gasteiger partial charge on any atom is -0.308 e. The van der Waals surface area contributed by atoms with Crippen molar-refractivity contribution in [2.45, 2.75) is 85.6 Å². The van der Waals surface area contributed by atoms with E-state index in [9.17, 15) is 4.57 Å². The van der Waals surface area contributed by atoms with Crippen LogP contribution in [0.25, 0.3) is 0 Å². The Morgan fingerprint density at radius 3 is 1.83 bits per heavy atom. The number of benzene rings is 1. The van der Waals surface area contributed by atoms with Gasteiger partial charge in [-0.3, -0.25) is 9.40 Å². The fourth-order valence-corrected chi connectivity index (χ4v) is 6.05. The highest BCUT2D eigenvalue weighted by Crippen LogP contribution is 2.61. The van der Waals surface area contributed by atoms with E-state index in [0.717, 1.165) is 11.1 Å². The number of alkyl halides is 1. The Labute approximate surface area is 182 Å². The van der Waals surface area contributed by atoms with Crippen LogP contribution < -0.4 is 0 Å². The van der Waals surface area contributed by atoms with E-state index in [1.165, 1.54) is 0 Å². The van der Waals surface area contributed by atoms with Crippen molar-refractivity contribution in [2.75, 3.05) is 13.2 Å². The summed E-state index contributed by atoms with van der Waals surface area (Å²) in [5.74, 6) is -0.110. The molecule has 0 fully saturated rings. The minimum absolute atomic E-state index is 0.250. The van der Waals surface area contributed by atoms with Crippen LogP contribution in [0.4, 0.5) is 0 Å². The molecule has 29 heavy (non-hydrogen) atoms. The van der Waals surface area contributed by atoms with Crippen molar-refractivity contribution >= 4 is 19.2 Å². The van der Waals surface area contributed by atoms with E-state index in [-0.39, 0.29) is 6.10 Å². The van der Waals surface area contributed by atoms with Gasteiger partial charge in [-0.2, -0.15) is 5.06 Å². The summed E-state index contributed by atoms with van der Waals surface area (Å²) in [6.07, 6.45) is -0.250. The van der Waals surface area contributed by atoms with Crippen LogP contribution in [0.2, 0.25) is 0 Å². The summed E-state index contributed by atoms with van der Waals surface area (Å²) < 4.78 is 25.4. The van der Waals surface area contributed by atoms with Crippen molar-refractivity contribution in [1.29, 1.82) is 0 Å². The average molecular weight is 448 g/mol. The Morgan fingerprint density at radius 1 is 1.00 bits per heavy atom. The quantitative estimate of drug-likeness (QED) is 0.216. The third-order valence-electron chi connectivity index (χ3n) is 4.45. The molecule has 0 N–H and O–H groups in total. The van der Waals surface area contributed by atoms with Crippen molar-refractivity contribution in [3.8, 4) is 0 Å². The number of hydrogen-bond donors (Lipinski definition) is 0. The van der Waals surface area contributed by atoms with Crippen molar-refractivity contribution in [1.82, 2.24) is 5.06 Å². The van der Waals surface area contributed by atoms with Crippen molar-refractivity contribution in [3.05, 3.63) is 35.4 Å². The van der Waals surface area contributed by atoms with Crippen LogP contribution >= 0.6 is 19.2 Å². The molecule has 2 atom stereocenters. The van der Waals surface area contributed by atoms with Crippen LogP contribution in [-0.4, -0.2) is 29.6 Å². The maximum atomic E-state index is 13.9. The van der Waals surface area contributed by atoms with Gasteiger partial charge in [-0.05, 0) is 58.1 Å². The third kappa shape index (κ3) is 7.34. The molecule has 0 heterocycles. The maximum absolute atomic E-state index is 13.9. The second kappa shape index (κ2) is 10.7. The Kier molecular flexibility index (Phi) is 9.86. The molecule has 5 nitrogen and oxygen atoms in total. The molecule has 1 aromatic rings. The first-order chi connectivity index (χ1) is 13.3. The highest BCUT2D eigenvalue weighted by Gasteiger charge is 2.51. The Bertz CT molecular complexity index is 657. The number of nitrogens with zero attached hydrogens (tertiary/aromatic N) is 1. The first-order valence-electron chi connectivity index (χ1n) is 10.3. The predicted molar refractivity (Wildman–Crippen MR) is 121 cm³/mol. The van der Waals surface area contributed by atoms with E-state index in [0.29, 0.717) is 19.1 Å². The summed E-state index contributed by atoms with van der Waals surface area (Å²) >= 11 is 5.91. The molecule has 168 valence electrons. The van der Waals surface area contributed by atoms with Gasteiger partial charge in [-0.15, -0.1) is 11.6 Å². The molecular formula is C22H39ClNO4P. The van der Waals surface area contributed by atoms with Gasteiger partial charge < -0.3 is 9.05 Å². The van der Waals surface area contributed by atoms with Crippen LogP contribution in [0, 0.1) is 5.41 Å². The van der Waals surface area contributed by atoms with E-state index in [4.69, 9.17) is 25.5 Å². The summed E-state index contributed by atoms with van der Waals surface area (Å²) in [5, 5.41) is 1.82. The van der Waals surface area contributed by atoms with Gasteiger partial charge in [0.15, 0.2) is 0 Å². The molecule has 1 aromatic carbocycles. The van der Waals surface area contributed by atoms with Gasteiger partial charge in [0.25, 0.3) is 0 Å². The van der Waals surface area contributed by atoms with Crippen LogP contribution in [0.15, 0.2) is 24.3 Å². The Hall–Kier alpha value is -0.420. The maximum Gasteiger partial charge on any atom is 0.350 e. The molecule has 0 amide bonds. The topological polar surface area (TPSA) is 48.0 Å². The summed E-state index contributed by atoms with van der Waals surface area (Å²) in [4.78, 5) is 6.47. The SMILES string of the molecule is CCOP(=O)(OCC)C(N(OC(C)c1ccc(CCl)cc1)C(C)(C)C)C(C)(C)C. The Morgan fingerprint density at radius 2 is 1.48 bits per heavy atom. The van der Waals surface area contributed by atoms with Crippen LogP contribution in [0.5, 0.6) is 0 Å². The molecule has 0 saturated carbocycles. The van der Waals surface area contributed by atoms with E-state index in [1.54, 1.807) is 0 Å². The molecule has 0 saturated heterocycles. The zero-order valence-corrected chi connectivity index (χ0v) is 21.1. The molecule has 2 unspecified atom stereocenters. The number of rotatable bonds is 10. The van der Waals surface area contributed by atoms with E-state index in [2.05, 4.69) is 0 Å². The molecule has 1 rings (SSSR count). The largest absolute Gasteiger partial charge is 0.350 e. The lowest BCUT2D eigenvalue weighted by Crippen LogP contribution is -2.53. The van der Waals surface area contributed by atoms with Crippen LogP contribution in [0.1, 0.15) is 79.5 Å². The first kappa shape index (κ1) is 26.6. The first-order valence-corrected chi connectivity index (χ1v) is 12.4. The van der Waals surface area contributed by atoms with Gasteiger partial charge >= 0.3 is 7.60 Å². The zero-order valence-electron chi connectivity index (χ0n) is 19.5. The highest BCUT2D eigenvalue weighted by atomic mass is 35.5. The fraction of sp³-hybridized carbons (Fsp3) is 0.727. The second-order valence-electron chi connectivity index (χ2n) is 9.23. The predicted octanol–water partition coefficient (Wildman–Crippen LogP) is 7.16. The molecule has 0 radical (unpaired) electrons.